The zero-order chi connectivity index (χ0) is 24.6. The van der Waals surface area contributed by atoms with Gasteiger partial charge in [0.25, 0.3) is 5.56 Å². The van der Waals surface area contributed by atoms with Crippen molar-refractivity contribution in [3.63, 3.8) is 0 Å². The van der Waals surface area contributed by atoms with Crippen LogP contribution in [0.2, 0.25) is 0 Å². The zero-order valence-electron chi connectivity index (χ0n) is 18.8. The van der Waals surface area contributed by atoms with Crippen LogP contribution in [0.25, 0.3) is 10.2 Å². The van der Waals surface area contributed by atoms with Crippen LogP contribution in [0.5, 0.6) is 5.75 Å². The maximum Gasteiger partial charge on any atom is 0.332 e. The molecule has 0 fully saturated rings. The van der Waals surface area contributed by atoms with Crippen LogP contribution in [0.3, 0.4) is 0 Å². The molecule has 0 spiro atoms. The van der Waals surface area contributed by atoms with Crippen molar-refractivity contribution in [1.29, 1.82) is 0 Å². The number of carbonyl (C=O) groups excluding carboxylic acids is 1. The molecular formula is C22H25FIN3O5S. The average Bonchev–Trinajstić information content (AvgIpc) is 3.04. The normalized spacial score (nSPS) is 13.4. The SMILES string of the molecule is COc1ccc(F)cc1[C@@H](O)Cn1c(=O)n(C(C)C(=O)NC(C)C)c(=O)c2c(C)c(I)sc21. The minimum atomic E-state index is -1.30. The third-order valence-corrected chi connectivity index (χ3v) is 7.86. The Morgan fingerprint density at radius 1 is 1.30 bits per heavy atom. The molecule has 2 heterocycles. The summed E-state index contributed by atoms with van der Waals surface area (Å²) in [5.41, 5.74) is -0.431. The van der Waals surface area contributed by atoms with E-state index in [1.165, 1.54) is 42.1 Å². The first kappa shape index (κ1) is 25.4. The van der Waals surface area contributed by atoms with E-state index in [-0.39, 0.29) is 23.9 Å². The number of aryl methyl sites for hydroxylation is 1. The third kappa shape index (κ3) is 4.85. The van der Waals surface area contributed by atoms with Gasteiger partial charge in [-0.2, -0.15) is 0 Å². The summed E-state index contributed by atoms with van der Waals surface area (Å²) in [6.45, 7) is 6.55. The van der Waals surface area contributed by atoms with Crippen LogP contribution >= 0.6 is 33.9 Å². The second kappa shape index (κ2) is 9.94. The van der Waals surface area contributed by atoms with Crippen molar-refractivity contribution in [3.05, 3.63) is 58.9 Å². The van der Waals surface area contributed by atoms with E-state index in [1.807, 2.05) is 0 Å². The minimum absolute atomic E-state index is 0.170. The van der Waals surface area contributed by atoms with Crippen LogP contribution in [0, 0.1) is 15.6 Å². The molecule has 3 aromatic rings. The number of hydrogen-bond donors (Lipinski definition) is 2. The van der Waals surface area contributed by atoms with Crippen molar-refractivity contribution in [2.24, 2.45) is 0 Å². The highest BCUT2D eigenvalue weighted by Crippen LogP contribution is 2.31. The molecule has 2 N–H and O–H groups in total. The summed E-state index contributed by atoms with van der Waals surface area (Å²) in [6.07, 6.45) is -1.30. The molecule has 0 radical (unpaired) electrons. The number of methoxy groups -OCH3 is 1. The molecule has 1 amide bonds. The fraction of sp³-hybridized carbons (Fsp3) is 0.409. The summed E-state index contributed by atoms with van der Waals surface area (Å²) in [5.74, 6) is -0.763. The molecule has 0 aliphatic rings. The molecule has 8 nitrogen and oxygen atoms in total. The van der Waals surface area contributed by atoms with E-state index in [0.717, 1.165) is 13.5 Å². The Morgan fingerprint density at radius 3 is 2.58 bits per heavy atom. The van der Waals surface area contributed by atoms with E-state index in [1.54, 1.807) is 20.8 Å². The van der Waals surface area contributed by atoms with Crippen LogP contribution in [0.4, 0.5) is 4.39 Å². The number of hydrogen-bond acceptors (Lipinski definition) is 6. The number of nitrogens with zero attached hydrogens (tertiary/aromatic N) is 2. The highest BCUT2D eigenvalue weighted by Gasteiger charge is 2.27. The van der Waals surface area contributed by atoms with Gasteiger partial charge in [-0.1, -0.05) is 0 Å². The number of carbonyl (C=O) groups is 1. The summed E-state index contributed by atoms with van der Waals surface area (Å²) in [5, 5.41) is 14.0. The monoisotopic (exact) mass is 589 g/mol. The second-order valence-corrected chi connectivity index (χ2v) is 10.8. The summed E-state index contributed by atoms with van der Waals surface area (Å²) >= 11 is 3.33. The largest absolute Gasteiger partial charge is 0.496 e. The van der Waals surface area contributed by atoms with Gasteiger partial charge in [0, 0.05) is 11.6 Å². The first-order chi connectivity index (χ1) is 15.5. The van der Waals surface area contributed by atoms with Gasteiger partial charge in [0.1, 0.15) is 28.5 Å². The van der Waals surface area contributed by atoms with Crippen LogP contribution < -0.4 is 21.3 Å². The van der Waals surface area contributed by atoms with Crippen LogP contribution in [-0.4, -0.2) is 33.3 Å². The Balaban J connectivity index is 2.22. The fourth-order valence-corrected chi connectivity index (χ4v) is 5.52. The number of thiophene rings is 1. The lowest BCUT2D eigenvalue weighted by Gasteiger charge is -2.20. The van der Waals surface area contributed by atoms with Gasteiger partial charge < -0.3 is 15.2 Å². The molecule has 1 aromatic carbocycles. The Labute approximate surface area is 207 Å². The van der Waals surface area contributed by atoms with Crippen molar-refractivity contribution in [2.75, 3.05) is 7.11 Å². The molecule has 178 valence electrons. The number of aliphatic hydroxyl groups is 1. The van der Waals surface area contributed by atoms with Gasteiger partial charge in [-0.05, 0) is 74.0 Å². The average molecular weight is 589 g/mol. The Kier molecular flexibility index (Phi) is 7.64. The standard InChI is InChI=1S/C22H25FIN3O5S/c1-10(2)25-19(29)12(4)27-20(30)17-11(3)18(24)33-21(17)26(22(27)31)9-15(28)14-8-13(23)6-7-16(14)32-5/h6-8,10,12,15,28H,9H2,1-5H3,(H,25,29)/t12?,15-/m0/s1. The van der Waals surface area contributed by atoms with Crippen molar-refractivity contribution in [2.45, 2.75) is 52.4 Å². The molecule has 0 saturated heterocycles. The molecule has 0 aliphatic carbocycles. The first-order valence-electron chi connectivity index (χ1n) is 10.2. The Morgan fingerprint density at radius 2 is 1.97 bits per heavy atom. The number of rotatable bonds is 7. The predicted molar refractivity (Wildman–Crippen MR) is 134 cm³/mol. The van der Waals surface area contributed by atoms with E-state index in [0.29, 0.717) is 15.8 Å². The van der Waals surface area contributed by atoms with Gasteiger partial charge in [-0.15, -0.1) is 11.3 Å². The number of ether oxygens (including phenoxy) is 1. The number of halogens is 2. The van der Waals surface area contributed by atoms with Gasteiger partial charge >= 0.3 is 5.69 Å². The summed E-state index contributed by atoms with van der Waals surface area (Å²) in [6, 6.07) is 2.50. The van der Waals surface area contributed by atoms with Gasteiger partial charge in [0.15, 0.2) is 0 Å². The Bertz CT molecular complexity index is 1330. The molecule has 33 heavy (non-hydrogen) atoms. The first-order valence-corrected chi connectivity index (χ1v) is 12.1. The third-order valence-electron chi connectivity index (χ3n) is 5.29. The highest BCUT2D eigenvalue weighted by atomic mass is 127. The topological polar surface area (TPSA) is 103 Å². The van der Waals surface area contributed by atoms with Crippen LogP contribution in [0.15, 0.2) is 27.8 Å². The zero-order valence-corrected chi connectivity index (χ0v) is 21.8. The van der Waals surface area contributed by atoms with Crippen molar-refractivity contribution >= 4 is 50.1 Å². The molecule has 11 heteroatoms. The molecule has 0 saturated carbocycles. The van der Waals surface area contributed by atoms with Crippen molar-refractivity contribution < 1.29 is 19.0 Å². The second-order valence-electron chi connectivity index (χ2n) is 7.99. The van der Waals surface area contributed by atoms with Gasteiger partial charge in [-0.3, -0.25) is 14.2 Å². The molecule has 0 aliphatic heterocycles. The molecular weight excluding hydrogens is 564 g/mol. The van der Waals surface area contributed by atoms with E-state index >= 15 is 0 Å². The van der Waals surface area contributed by atoms with E-state index in [9.17, 15) is 23.9 Å². The number of amides is 1. The summed E-state index contributed by atoms with van der Waals surface area (Å²) < 4.78 is 22.1. The summed E-state index contributed by atoms with van der Waals surface area (Å²) in [4.78, 5) is 39.8. The minimum Gasteiger partial charge on any atom is -0.496 e. The number of aliphatic hydroxyl groups excluding tert-OH is 1. The molecule has 2 aromatic heterocycles. The quantitative estimate of drug-likeness (QED) is 0.413. The molecule has 2 atom stereocenters. The van der Waals surface area contributed by atoms with Gasteiger partial charge in [0.05, 0.1) is 21.9 Å². The van der Waals surface area contributed by atoms with Crippen LogP contribution in [0.1, 0.15) is 44.0 Å². The van der Waals surface area contributed by atoms with Crippen molar-refractivity contribution in [3.8, 4) is 5.75 Å². The number of nitrogens with one attached hydrogen (secondary N) is 1. The molecule has 3 rings (SSSR count). The fourth-order valence-electron chi connectivity index (χ4n) is 3.60. The highest BCUT2D eigenvalue weighted by molar-refractivity contribution is 14.1. The van der Waals surface area contributed by atoms with Crippen LogP contribution in [-0.2, 0) is 11.3 Å². The number of fused-ring (bicyclic) bond motifs is 1. The van der Waals surface area contributed by atoms with Gasteiger partial charge in [0.2, 0.25) is 5.91 Å². The lowest BCUT2D eigenvalue weighted by atomic mass is 10.1. The predicted octanol–water partition coefficient (Wildman–Crippen LogP) is 3.10. The molecule has 1 unspecified atom stereocenters. The van der Waals surface area contributed by atoms with E-state index in [2.05, 4.69) is 27.9 Å². The Hall–Kier alpha value is -2.25. The lowest BCUT2D eigenvalue weighted by Crippen LogP contribution is -2.47. The molecule has 0 bridgehead atoms. The maximum absolute atomic E-state index is 13.9. The summed E-state index contributed by atoms with van der Waals surface area (Å²) in [7, 11) is 1.40. The lowest BCUT2D eigenvalue weighted by molar-refractivity contribution is -0.124. The van der Waals surface area contributed by atoms with Crippen molar-refractivity contribution in [1.82, 2.24) is 14.5 Å². The van der Waals surface area contributed by atoms with Gasteiger partial charge in [-0.25, -0.2) is 13.8 Å². The maximum atomic E-state index is 13.9. The smallest absolute Gasteiger partial charge is 0.332 e. The van der Waals surface area contributed by atoms with E-state index < -0.39 is 35.1 Å². The number of benzene rings is 1. The number of aromatic nitrogens is 2. The van der Waals surface area contributed by atoms with E-state index in [4.69, 9.17) is 4.74 Å².